The van der Waals surface area contributed by atoms with Crippen LogP contribution in [0, 0.1) is 17.0 Å². The Kier molecular flexibility index (Phi) is 4.34. The Morgan fingerprint density at radius 3 is 2.43 bits per heavy atom. The van der Waals surface area contributed by atoms with Crippen molar-refractivity contribution in [3.63, 3.8) is 0 Å². The van der Waals surface area contributed by atoms with Crippen molar-refractivity contribution in [3.05, 3.63) is 58.1 Å². The summed E-state index contributed by atoms with van der Waals surface area (Å²) in [5.74, 6) is 0.0999. The van der Waals surface area contributed by atoms with Gasteiger partial charge in [0.2, 0.25) is 0 Å². The third-order valence-corrected chi connectivity index (χ3v) is 2.94. The summed E-state index contributed by atoms with van der Waals surface area (Å²) in [6.45, 7) is 1.87. The van der Waals surface area contributed by atoms with Crippen LogP contribution < -0.4 is 10.6 Å². The van der Waals surface area contributed by atoms with E-state index in [1.807, 2.05) is 13.0 Å². The minimum absolute atomic E-state index is 0.00982. The van der Waals surface area contributed by atoms with E-state index in [4.69, 9.17) is 12.2 Å². The normalized spacial score (nSPS) is 9.95. The lowest BCUT2D eigenvalue weighted by Gasteiger charge is -2.12. The molecule has 0 saturated heterocycles. The van der Waals surface area contributed by atoms with Crippen LogP contribution >= 0.6 is 12.2 Å². The standard InChI is InChI=1S/C14H13N3O3S/c1-9-2-7-12(13(18)8-9)16-14(21)15-10-3-5-11(6-4-10)17(19)20/h2-8,18H,1H3,(H2,15,16,21). The fourth-order valence-electron chi connectivity index (χ4n) is 1.70. The van der Waals surface area contributed by atoms with Gasteiger partial charge in [-0.1, -0.05) is 6.07 Å². The van der Waals surface area contributed by atoms with Gasteiger partial charge < -0.3 is 15.7 Å². The van der Waals surface area contributed by atoms with Crippen molar-refractivity contribution in [2.45, 2.75) is 6.92 Å². The molecule has 0 aliphatic rings. The molecule has 21 heavy (non-hydrogen) atoms. The minimum atomic E-state index is -0.468. The van der Waals surface area contributed by atoms with Gasteiger partial charge in [-0.25, -0.2) is 0 Å². The van der Waals surface area contributed by atoms with Crippen molar-refractivity contribution in [1.29, 1.82) is 0 Å². The van der Waals surface area contributed by atoms with Gasteiger partial charge in [0, 0.05) is 17.8 Å². The average Bonchev–Trinajstić information content (AvgIpc) is 2.42. The molecule has 3 N–H and O–H groups in total. The molecule has 2 rings (SSSR count). The van der Waals surface area contributed by atoms with Crippen molar-refractivity contribution >= 4 is 34.4 Å². The Hall–Kier alpha value is -2.67. The van der Waals surface area contributed by atoms with Crippen LogP contribution in [0.3, 0.4) is 0 Å². The second kappa shape index (κ2) is 6.19. The molecule has 0 radical (unpaired) electrons. The lowest BCUT2D eigenvalue weighted by molar-refractivity contribution is -0.384. The van der Waals surface area contributed by atoms with Gasteiger partial charge in [0.15, 0.2) is 5.11 Å². The first-order valence-electron chi connectivity index (χ1n) is 6.08. The monoisotopic (exact) mass is 303 g/mol. The van der Waals surface area contributed by atoms with Crippen molar-refractivity contribution in [3.8, 4) is 5.75 Å². The second-order valence-corrected chi connectivity index (χ2v) is 4.81. The number of thiocarbonyl (C=S) groups is 1. The first kappa shape index (κ1) is 14.7. The molecule has 0 aromatic heterocycles. The van der Waals surface area contributed by atoms with Gasteiger partial charge in [0.1, 0.15) is 5.75 Å². The molecule has 0 spiro atoms. The number of rotatable bonds is 3. The summed E-state index contributed by atoms with van der Waals surface area (Å²) in [6.07, 6.45) is 0. The maximum Gasteiger partial charge on any atom is 0.269 e. The third-order valence-electron chi connectivity index (χ3n) is 2.74. The number of nitro benzene ring substituents is 1. The van der Waals surface area contributed by atoms with Gasteiger partial charge in [0.25, 0.3) is 5.69 Å². The fraction of sp³-hybridized carbons (Fsp3) is 0.0714. The average molecular weight is 303 g/mol. The molecule has 2 aromatic carbocycles. The lowest BCUT2D eigenvalue weighted by Crippen LogP contribution is -2.19. The second-order valence-electron chi connectivity index (χ2n) is 4.40. The van der Waals surface area contributed by atoms with Gasteiger partial charge in [-0.15, -0.1) is 0 Å². The van der Waals surface area contributed by atoms with E-state index in [0.29, 0.717) is 11.4 Å². The molecule has 0 bridgehead atoms. The van der Waals surface area contributed by atoms with Crippen molar-refractivity contribution in [2.75, 3.05) is 10.6 Å². The molecule has 7 heteroatoms. The number of aryl methyl sites for hydroxylation is 1. The molecule has 0 saturated carbocycles. The Bertz CT molecular complexity index is 686. The number of phenols is 1. The SMILES string of the molecule is Cc1ccc(NC(=S)Nc2ccc([N+](=O)[O-])cc2)c(O)c1. The first-order valence-corrected chi connectivity index (χ1v) is 6.48. The highest BCUT2D eigenvalue weighted by molar-refractivity contribution is 7.80. The zero-order valence-corrected chi connectivity index (χ0v) is 12.0. The molecular weight excluding hydrogens is 290 g/mol. The highest BCUT2D eigenvalue weighted by atomic mass is 32.1. The topological polar surface area (TPSA) is 87.4 Å². The molecule has 0 amide bonds. The molecule has 6 nitrogen and oxygen atoms in total. The number of anilines is 2. The van der Waals surface area contributed by atoms with Crippen LogP contribution in [-0.2, 0) is 0 Å². The van der Waals surface area contributed by atoms with E-state index in [0.717, 1.165) is 5.56 Å². The highest BCUT2D eigenvalue weighted by Gasteiger charge is 2.06. The number of nitrogens with one attached hydrogen (secondary N) is 2. The molecule has 0 fully saturated rings. The molecule has 0 aliphatic carbocycles. The van der Waals surface area contributed by atoms with Crippen LogP contribution in [0.1, 0.15) is 5.56 Å². The predicted octanol–water partition coefficient (Wildman–Crippen LogP) is 3.42. The van der Waals surface area contributed by atoms with E-state index in [9.17, 15) is 15.2 Å². The van der Waals surface area contributed by atoms with E-state index >= 15 is 0 Å². The maximum atomic E-state index is 10.6. The van der Waals surface area contributed by atoms with Gasteiger partial charge in [-0.05, 0) is 49.0 Å². The first-order chi connectivity index (χ1) is 9.95. The number of benzene rings is 2. The summed E-state index contributed by atoms with van der Waals surface area (Å²) in [7, 11) is 0. The van der Waals surface area contributed by atoms with E-state index in [-0.39, 0.29) is 16.5 Å². The number of nitro groups is 1. The van der Waals surface area contributed by atoms with E-state index < -0.39 is 4.92 Å². The molecule has 108 valence electrons. The smallest absolute Gasteiger partial charge is 0.269 e. The van der Waals surface area contributed by atoms with Crippen molar-refractivity contribution < 1.29 is 10.0 Å². The molecule has 2 aromatic rings. The number of aromatic hydroxyl groups is 1. The molecule has 0 unspecified atom stereocenters. The lowest BCUT2D eigenvalue weighted by atomic mass is 10.2. The zero-order valence-electron chi connectivity index (χ0n) is 11.2. The predicted molar refractivity (Wildman–Crippen MR) is 85.8 cm³/mol. The number of phenolic OH excluding ortho intramolecular Hbond substituents is 1. The largest absolute Gasteiger partial charge is 0.506 e. The van der Waals surface area contributed by atoms with E-state index in [1.165, 1.54) is 12.1 Å². The highest BCUT2D eigenvalue weighted by Crippen LogP contribution is 2.24. The van der Waals surface area contributed by atoms with Crippen LogP contribution in [0.15, 0.2) is 42.5 Å². The number of nitrogens with zero attached hydrogens (tertiary/aromatic N) is 1. The zero-order chi connectivity index (χ0) is 15.4. The van der Waals surface area contributed by atoms with Crippen molar-refractivity contribution in [1.82, 2.24) is 0 Å². The van der Waals surface area contributed by atoms with Crippen LogP contribution in [0.4, 0.5) is 17.1 Å². The van der Waals surface area contributed by atoms with Gasteiger partial charge in [-0.2, -0.15) is 0 Å². The molecule has 0 heterocycles. The van der Waals surface area contributed by atoms with Crippen LogP contribution in [0.25, 0.3) is 0 Å². The molecule has 0 aliphatic heterocycles. The van der Waals surface area contributed by atoms with Gasteiger partial charge in [-0.3, -0.25) is 10.1 Å². The minimum Gasteiger partial charge on any atom is -0.506 e. The van der Waals surface area contributed by atoms with Gasteiger partial charge >= 0.3 is 0 Å². The quantitative estimate of drug-likeness (QED) is 0.348. The van der Waals surface area contributed by atoms with Crippen LogP contribution in [0.5, 0.6) is 5.75 Å². The summed E-state index contributed by atoms with van der Waals surface area (Å²) < 4.78 is 0. The van der Waals surface area contributed by atoms with Crippen LogP contribution in [-0.4, -0.2) is 15.1 Å². The third kappa shape index (κ3) is 3.90. The van der Waals surface area contributed by atoms with Crippen molar-refractivity contribution in [2.24, 2.45) is 0 Å². The fourth-order valence-corrected chi connectivity index (χ4v) is 1.93. The summed E-state index contributed by atoms with van der Waals surface area (Å²) in [6, 6.07) is 11.1. The Balaban J connectivity index is 2.02. The Morgan fingerprint density at radius 2 is 1.86 bits per heavy atom. The van der Waals surface area contributed by atoms with E-state index in [1.54, 1.807) is 24.3 Å². The summed E-state index contributed by atoms with van der Waals surface area (Å²) in [5.41, 5.74) is 2.05. The summed E-state index contributed by atoms with van der Waals surface area (Å²) in [4.78, 5) is 10.1. The number of hydrogen-bond acceptors (Lipinski definition) is 4. The molecular formula is C14H13N3O3S. The van der Waals surface area contributed by atoms with Gasteiger partial charge in [0.05, 0.1) is 10.6 Å². The number of non-ortho nitro benzene ring substituents is 1. The van der Waals surface area contributed by atoms with E-state index in [2.05, 4.69) is 10.6 Å². The molecule has 0 atom stereocenters. The maximum absolute atomic E-state index is 10.6. The van der Waals surface area contributed by atoms with Crippen LogP contribution in [0.2, 0.25) is 0 Å². The number of hydrogen-bond donors (Lipinski definition) is 3. The summed E-state index contributed by atoms with van der Waals surface area (Å²) in [5, 5.41) is 26.4. The Morgan fingerprint density at radius 1 is 1.19 bits per heavy atom. The Labute approximate surface area is 126 Å². The summed E-state index contributed by atoms with van der Waals surface area (Å²) >= 11 is 5.13.